The Labute approximate surface area is 105 Å². The molecule has 1 heterocycles. The third kappa shape index (κ3) is 2.26. The molecule has 6 heteroatoms. The second-order valence-corrected chi connectivity index (χ2v) is 4.75. The summed E-state index contributed by atoms with van der Waals surface area (Å²) in [6.07, 6.45) is 0. The predicted octanol–water partition coefficient (Wildman–Crippen LogP) is 2.08. The maximum Gasteiger partial charge on any atom is 0.419 e. The highest BCUT2D eigenvalue weighted by molar-refractivity contribution is 9.10. The monoisotopic (exact) mass is 299 g/mol. The summed E-state index contributed by atoms with van der Waals surface area (Å²) in [4.78, 5) is 22.4. The number of nitrogens with zero attached hydrogens (tertiary/aromatic N) is 1. The Hall–Kier alpha value is -1.56. The number of carboxylic acids is 1. The van der Waals surface area contributed by atoms with Crippen molar-refractivity contribution >= 4 is 33.0 Å². The molecule has 0 bridgehead atoms. The molecule has 0 aliphatic carbocycles. The standard InChI is InChI=1S/C11H10BrNO4/c1-6(10(14)15)5-13-8-3-2-7(12)4-9(8)17-11(13)16/h2-4,6H,5H2,1H3,(H,14,15). The average Bonchev–Trinajstić information content (AvgIpc) is 2.54. The first-order valence-corrected chi connectivity index (χ1v) is 5.80. The summed E-state index contributed by atoms with van der Waals surface area (Å²) in [6, 6.07) is 5.18. The van der Waals surface area contributed by atoms with Crippen LogP contribution in [0.1, 0.15) is 6.92 Å². The molecule has 0 saturated carbocycles. The summed E-state index contributed by atoms with van der Waals surface area (Å²) in [6.45, 7) is 1.65. The maximum atomic E-state index is 11.6. The zero-order valence-electron chi connectivity index (χ0n) is 9.01. The Balaban J connectivity index is 2.50. The highest BCUT2D eigenvalue weighted by atomic mass is 79.9. The van der Waals surface area contributed by atoms with E-state index in [-0.39, 0.29) is 6.54 Å². The van der Waals surface area contributed by atoms with Gasteiger partial charge in [-0.2, -0.15) is 0 Å². The van der Waals surface area contributed by atoms with Crippen LogP contribution in [0.25, 0.3) is 11.1 Å². The molecule has 1 atom stereocenters. The molecule has 90 valence electrons. The molecular weight excluding hydrogens is 290 g/mol. The molecule has 1 aromatic carbocycles. The molecule has 1 N–H and O–H groups in total. The zero-order chi connectivity index (χ0) is 12.6. The van der Waals surface area contributed by atoms with Gasteiger partial charge in [-0.3, -0.25) is 9.36 Å². The number of oxazole rings is 1. The number of fused-ring (bicyclic) bond motifs is 1. The molecule has 0 aliphatic heterocycles. The topological polar surface area (TPSA) is 72.4 Å². The van der Waals surface area contributed by atoms with Crippen LogP contribution in [0.5, 0.6) is 0 Å². The first-order valence-electron chi connectivity index (χ1n) is 5.00. The number of carbonyl (C=O) groups is 1. The molecule has 17 heavy (non-hydrogen) atoms. The van der Waals surface area contributed by atoms with Crippen LogP contribution in [0.15, 0.2) is 31.9 Å². The second-order valence-electron chi connectivity index (χ2n) is 3.83. The van der Waals surface area contributed by atoms with Crippen LogP contribution in [-0.2, 0) is 11.3 Å². The molecule has 1 aromatic heterocycles. The minimum absolute atomic E-state index is 0.1000. The minimum atomic E-state index is -0.941. The number of rotatable bonds is 3. The summed E-state index contributed by atoms with van der Waals surface area (Å²) in [5.41, 5.74) is 1.05. The number of hydrogen-bond donors (Lipinski definition) is 1. The molecule has 0 amide bonds. The summed E-state index contributed by atoms with van der Waals surface area (Å²) in [7, 11) is 0. The number of aromatic nitrogens is 1. The predicted molar refractivity (Wildman–Crippen MR) is 65.0 cm³/mol. The van der Waals surface area contributed by atoms with Crippen molar-refractivity contribution < 1.29 is 14.3 Å². The van der Waals surface area contributed by atoms with E-state index in [9.17, 15) is 9.59 Å². The van der Waals surface area contributed by atoms with Gasteiger partial charge in [0.2, 0.25) is 0 Å². The number of aliphatic carboxylic acids is 1. The van der Waals surface area contributed by atoms with Crippen LogP contribution in [-0.4, -0.2) is 15.6 Å². The van der Waals surface area contributed by atoms with Crippen LogP contribution in [0.2, 0.25) is 0 Å². The second kappa shape index (κ2) is 4.37. The van der Waals surface area contributed by atoms with E-state index >= 15 is 0 Å². The van der Waals surface area contributed by atoms with Crippen LogP contribution < -0.4 is 5.76 Å². The van der Waals surface area contributed by atoms with Crippen molar-refractivity contribution in [1.29, 1.82) is 0 Å². The maximum absolute atomic E-state index is 11.6. The summed E-state index contributed by atoms with van der Waals surface area (Å²) in [5.74, 6) is -2.12. The van der Waals surface area contributed by atoms with Gasteiger partial charge in [0.1, 0.15) is 0 Å². The molecule has 2 aromatic rings. The molecule has 0 radical (unpaired) electrons. The fourth-order valence-electron chi connectivity index (χ4n) is 1.57. The summed E-state index contributed by atoms with van der Waals surface area (Å²) in [5, 5.41) is 8.83. The molecule has 0 spiro atoms. The fraction of sp³-hybridized carbons (Fsp3) is 0.273. The van der Waals surface area contributed by atoms with Gasteiger partial charge in [0.15, 0.2) is 5.58 Å². The molecule has 5 nitrogen and oxygen atoms in total. The average molecular weight is 300 g/mol. The largest absolute Gasteiger partial charge is 0.481 e. The number of carboxylic acid groups (broad SMARTS) is 1. The molecule has 1 unspecified atom stereocenters. The van der Waals surface area contributed by atoms with Gasteiger partial charge in [-0.25, -0.2) is 4.79 Å². The smallest absolute Gasteiger partial charge is 0.419 e. The van der Waals surface area contributed by atoms with E-state index in [1.54, 1.807) is 25.1 Å². The van der Waals surface area contributed by atoms with Gasteiger partial charge < -0.3 is 9.52 Å². The third-order valence-corrected chi connectivity index (χ3v) is 3.00. The number of hydrogen-bond acceptors (Lipinski definition) is 3. The normalized spacial score (nSPS) is 12.8. The third-order valence-electron chi connectivity index (χ3n) is 2.51. The van der Waals surface area contributed by atoms with Crippen molar-refractivity contribution in [2.45, 2.75) is 13.5 Å². The van der Waals surface area contributed by atoms with Gasteiger partial charge >= 0.3 is 11.7 Å². The van der Waals surface area contributed by atoms with Gasteiger partial charge in [-0.05, 0) is 18.2 Å². The lowest BCUT2D eigenvalue weighted by molar-refractivity contribution is -0.141. The molecule has 0 saturated heterocycles. The van der Waals surface area contributed by atoms with E-state index in [0.29, 0.717) is 11.1 Å². The van der Waals surface area contributed by atoms with Crippen molar-refractivity contribution in [2.24, 2.45) is 5.92 Å². The Morgan fingerprint density at radius 1 is 1.59 bits per heavy atom. The van der Waals surface area contributed by atoms with Crippen LogP contribution in [0.4, 0.5) is 0 Å². The van der Waals surface area contributed by atoms with Gasteiger partial charge in [0, 0.05) is 11.0 Å². The van der Waals surface area contributed by atoms with Gasteiger partial charge in [0.05, 0.1) is 11.4 Å². The number of benzene rings is 1. The lowest BCUT2D eigenvalue weighted by atomic mass is 10.2. The summed E-state index contributed by atoms with van der Waals surface area (Å²) < 4.78 is 7.18. The first-order chi connectivity index (χ1) is 7.99. The van der Waals surface area contributed by atoms with Crippen LogP contribution in [0, 0.1) is 5.92 Å². The highest BCUT2D eigenvalue weighted by Crippen LogP contribution is 2.19. The Morgan fingerprint density at radius 3 is 2.94 bits per heavy atom. The van der Waals surface area contributed by atoms with Crippen molar-refractivity contribution in [3.8, 4) is 0 Å². The van der Waals surface area contributed by atoms with Crippen LogP contribution in [0.3, 0.4) is 0 Å². The lowest BCUT2D eigenvalue weighted by Gasteiger charge is -2.06. The SMILES string of the molecule is CC(Cn1c(=O)oc2cc(Br)ccc21)C(=O)O. The van der Waals surface area contributed by atoms with Gasteiger partial charge in [-0.1, -0.05) is 22.9 Å². The quantitative estimate of drug-likeness (QED) is 0.942. The zero-order valence-corrected chi connectivity index (χ0v) is 10.6. The van der Waals surface area contributed by atoms with E-state index in [2.05, 4.69) is 15.9 Å². The van der Waals surface area contributed by atoms with E-state index in [1.165, 1.54) is 4.57 Å². The van der Waals surface area contributed by atoms with E-state index in [0.717, 1.165) is 4.47 Å². The van der Waals surface area contributed by atoms with Gasteiger partial charge in [-0.15, -0.1) is 0 Å². The molecule has 0 aliphatic rings. The Morgan fingerprint density at radius 2 is 2.29 bits per heavy atom. The first kappa shape index (κ1) is 11.9. The van der Waals surface area contributed by atoms with Crippen molar-refractivity contribution in [1.82, 2.24) is 4.57 Å². The Bertz CT molecular complexity index is 628. The van der Waals surface area contributed by atoms with E-state index in [4.69, 9.17) is 9.52 Å². The van der Waals surface area contributed by atoms with E-state index in [1.807, 2.05) is 0 Å². The highest BCUT2D eigenvalue weighted by Gasteiger charge is 2.16. The molecular formula is C11H10BrNO4. The minimum Gasteiger partial charge on any atom is -0.481 e. The summed E-state index contributed by atoms with van der Waals surface area (Å²) >= 11 is 3.27. The number of halogens is 1. The van der Waals surface area contributed by atoms with Crippen molar-refractivity contribution in [2.75, 3.05) is 0 Å². The molecule has 2 rings (SSSR count). The van der Waals surface area contributed by atoms with Gasteiger partial charge in [0.25, 0.3) is 0 Å². The van der Waals surface area contributed by atoms with E-state index < -0.39 is 17.6 Å². The van der Waals surface area contributed by atoms with Crippen LogP contribution >= 0.6 is 15.9 Å². The lowest BCUT2D eigenvalue weighted by Crippen LogP contribution is -2.23. The van der Waals surface area contributed by atoms with Crippen molar-refractivity contribution in [3.05, 3.63) is 33.2 Å². The fourth-order valence-corrected chi connectivity index (χ4v) is 1.91. The Kier molecular flexibility index (Phi) is 3.06. The van der Waals surface area contributed by atoms with Crippen molar-refractivity contribution in [3.63, 3.8) is 0 Å². The molecule has 0 fully saturated rings.